The van der Waals surface area contributed by atoms with Gasteiger partial charge in [-0.3, -0.25) is 9.59 Å². The minimum Gasteiger partial charge on any atom is -0.372 e. The predicted octanol–water partition coefficient (Wildman–Crippen LogP) is 2.31. The molecule has 0 bridgehead atoms. The van der Waals surface area contributed by atoms with Gasteiger partial charge in [-0.25, -0.2) is 0 Å². The smallest absolute Gasteiger partial charge is 0.248 e. The molecule has 124 valence electrons. The van der Waals surface area contributed by atoms with Gasteiger partial charge in [0.05, 0.1) is 11.5 Å². The van der Waals surface area contributed by atoms with Crippen molar-refractivity contribution in [3.63, 3.8) is 0 Å². The third-order valence-electron chi connectivity index (χ3n) is 5.07. The number of fused-ring (bicyclic) bond motifs is 2. The van der Waals surface area contributed by atoms with Crippen LogP contribution in [0.4, 0.5) is 5.69 Å². The molecule has 0 unspecified atom stereocenters. The fourth-order valence-electron chi connectivity index (χ4n) is 4.05. The summed E-state index contributed by atoms with van der Waals surface area (Å²) < 4.78 is 5.29. The minimum absolute atomic E-state index is 0.0145. The van der Waals surface area contributed by atoms with Crippen LogP contribution >= 0.6 is 0 Å². The van der Waals surface area contributed by atoms with Gasteiger partial charge in [0, 0.05) is 18.8 Å². The molecule has 2 aliphatic heterocycles. The van der Waals surface area contributed by atoms with Gasteiger partial charge in [0.25, 0.3) is 0 Å². The number of ether oxygens (including phenoxy) is 1. The van der Waals surface area contributed by atoms with Crippen molar-refractivity contribution in [3.8, 4) is 0 Å². The maximum Gasteiger partial charge on any atom is 0.248 e. The van der Waals surface area contributed by atoms with Gasteiger partial charge >= 0.3 is 0 Å². The van der Waals surface area contributed by atoms with Crippen molar-refractivity contribution >= 4 is 17.5 Å². The zero-order valence-corrected chi connectivity index (χ0v) is 13.8. The Hall–Kier alpha value is -1.88. The van der Waals surface area contributed by atoms with Crippen LogP contribution < -0.4 is 5.32 Å². The summed E-state index contributed by atoms with van der Waals surface area (Å²) in [4.78, 5) is 27.2. The number of nitrogens with one attached hydrogen (secondary N) is 1. The van der Waals surface area contributed by atoms with E-state index in [1.807, 2.05) is 36.1 Å². The van der Waals surface area contributed by atoms with Crippen LogP contribution in [0, 0.1) is 0 Å². The van der Waals surface area contributed by atoms with Crippen LogP contribution in [0.5, 0.6) is 0 Å². The summed E-state index contributed by atoms with van der Waals surface area (Å²) in [5, 5.41) is 3.01. The normalized spacial score (nSPS) is 25.7. The average molecular weight is 316 g/mol. The first-order valence-electron chi connectivity index (χ1n) is 8.43. The molecule has 3 rings (SSSR count). The highest BCUT2D eigenvalue weighted by atomic mass is 16.5. The summed E-state index contributed by atoms with van der Waals surface area (Å²) in [6, 6.07) is 7.76. The van der Waals surface area contributed by atoms with Gasteiger partial charge in [-0.05, 0) is 31.4 Å². The Morgan fingerprint density at radius 3 is 2.91 bits per heavy atom. The lowest BCUT2D eigenvalue weighted by molar-refractivity contribution is -0.138. The van der Waals surface area contributed by atoms with Crippen molar-refractivity contribution < 1.29 is 14.3 Å². The van der Waals surface area contributed by atoms with E-state index in [0.717, 1.165) is 24.1 Å². The summed E-state index contributed by atoms with van der Waals surface area (Å²) in [5.74, 6) is 0.0169. The number of carbonyl (C=O) groups is 2. The lowest BCUT2D eigenvalue weighted by atomic mass is 9.73. The molecular formula is C18H24N2O3. The summed E-state index contributed by atoms with van der Waals surface area (Å²) in [6.07, 6.45) is 2.43. The second-order valence-electron chi connectivity index (χ2n) is 6.25. The number of amides is 2. The molecule has 2 amide bonds. The second-order valence-corrected chi connectivity index (χ2v) is 6.25. The Labute approximate surface area is 137 Å². The predicted molar refractivity (Wildman–Crippen MR) is 88.3 cm³/mol. The number of para-hydroxylation sites is 1. The Morgan fingerprint density at radius 2 is 2.17 bits per heavy atom. The van der Waals surface area contributed by atoms with Crippen LogP contribution in [0.3, 0.4) is 0 Å². The Bertz CT molecular complexity index is 616. The largest absolute Gasteiger partial charge is 0.372 e. The highest BCUT2D eigenvalue weighted by molar-refractivity contribution is 6.07. The molecule has 1 saturated heterocycles. The molecule has 1 aromatic carbocycles. The number of hydrogen-bond acceptors (Lipinski definition) is 3. The van der Waals surface area contributed by atoms with Gasteiger partial charge in [-0.2, -0.15) is 0 Å². The van der Waals surface area contributed by atoms with E-state index in [2.05, 4.69) is 12.2 Å². The number of hydrogen-bond donors (Lipinski definition) is 1. The molecule has 2 atom stereocenters. The molecule has 2 aliphatic rings. The standard InChI is InChI=1S/C18H24N2O3/c1-3-7-15-18(10-11-20(15)16(21)12-23-4-2)13-8-5-6-9-14(13)19-17(18)22/h5-6,8-9,15H,3-4,7,10-12H2,1-2H3,(H,19,22)/t15-,18-/m0/s1. The summed E-state index contributed by atoms with van der Waals surface area (Å²) >= 11 is 0. The first-order chi connectivity index (χ1) is 11.1. The van der Waals surface area contributed by atoms with E-state index < -0.39 is 5.41 Å². The molecule has 1 spiro atoms. The molecule has 1 fully saturated rings. The van der Waals surface area contributed by atoms with E-state index >= 15 is 0 Å². The zero-order chi connectivity index (χ0) is 16.4. The fraction of sp³-hybridized carbons (Fsp3) is 0.556. The third kappa shape index (κ3) is 2.43. The lowest BCUT2D eigenvalue weighted by Gasteiger charge is -2.34. The van der Waals surface area contributed by atoms with Crippen LogP contribution in [0.15, 0.2) is 24.3 Å². The molecule has 1 aromatic rings. The quantitative estimate of drug-likeness (QED) is 0.907. The Balaban J connectivity index is 1.96. The molecule has 0 radical (unpaired) electrons. The van der Waals surface area contributed by atoms with Gasteiger partial charge in [0.2, 0.25) is 11.8 Å². The van der Waals surface area contributed by atoms with Crippen molar-refractivity contribution in [1.29, 1.82) is 0 Å². The molecule has 1 N–H and O–H groups in total. The maximum absolute atomic E-state index is 12.8. The van der Waals surface area contributed by atoms with Gasteiger partial charge in [0.15, 0.2) is 0 Å². The SMILES string of the molecule is CCC[C@@H]1N(C(=O)COCC)CC[C@@]12C(=O)Nc1ccccc12. The summed E-state index contributed by atoms with van der Waals surface area (Å²) in [6.45, 7) is 5.19. The number of rotatable bonds is 5. The van der Waals surface area contributed by atoms with E-state index in [0.29, 0.717) is 19.6 Å². The van der Waals surface area contributed by atoms with E-state index in [9.17, 15) is 9.59 Å². The first-order valence-corrected chi connectivity index (χ1v) is 8.43. The molecule has 2 heterocycles. The van der Waals surface area contributed by atoms with E-state index in [-0.39, 0.29) is 24.5 Å². The number of benzene rings is 1. The van der Waals surface area contributed by atoms with Crippen LogP contribution in [0.1, 0.15) is 38.7 Å². The van der Waals surface area contributed by atoms with Crippen molar-refractivity contribution in [2.45, 2.75) is 44.6 Å². The number of carbonyl (C=O) groups excluding carboxylic acids is 2. The van der Waals surface area contributed by atoms with Crippen LogP contribution in [-0.2, 0) is 19.7 Å². The molecule has 0 aromatic heterocycles. The number of likely N-dealkylation sites (tertiary alicyclic amines) is 1. The first kappa shape index (κ1) is 16.0. The van der Waals surface area contributed by atoms with Crippen molar-refractivity contribution in [2.75, 3.05) is 25.1 Å². The Kier molecular flexibility index (Phi) is 4.39. The Morgan fingerprint density at radius 1 is 1.39 bits per heavy atom. The average Bonchev–Trinajstić information content (AvgIpc) is 3.06. The summed E-state index contributed by atoms with van der Waals surface area (Å²) in [5.41, 5.74) is 1.32. The highest BCUT2D eigenvalue weighted by Crippen LogP contribution is 2.49. The van der Waals surface area contributed by atoms with Gasteiger partial charge < -0.3 is 15.0 Å². The molecule has 23 heavy (non-hydrogen) atoms. The third-order valence-corrected chi connectivity index (χ3v) is 5.07. The van der Waals surface area contributed by atoms with E-state index in [1.54, 1.807) is 0 Å². The molecule has 0 aliphatic carbocycles. The summed E-state index contributed by atoms with van der Waals surface area (Å²) in [7, 11) is 0. The van der Waals surface area contributed by atoms with Gasteiger partial charge in [0.1, 0.15) is 6.61 Å². The number of nitrogens with zero attached hydrogens (tertiary/aromatic N) is 1. The maximum atomic E-state index is 12.8. The van der Waals surface area contributed by atoms with Gasteiger partial charge in [-0.1, -0.05) is 31.5 Å². The molecular weight excluding hydrogens is 292 g/mol. The molecule has 5 nitrogen and oxygen atoms in total. The highest BCUT2D eigenvalue weighted by Gasteiger charge is 2.58. The topological polar surface area (TPSA) is 58.6 Å². The van der Waals surface area contributed by atoms with Crippen molar-refractivity contribution in [3.05, 3.63) is 29.8 Å². The van der Waals surface area contributed by atoms with Crippen molar-refractivity contribution in [1.82, 2.24) is 4.90 Å². The van der Waals surface area contributed by atoms with Gasteiger partial charge in [-0.15, -0.1) is 0 Å². The van der Waals surface area contributed by atoms with Crippen LogP contribution in [0.2, 0.25) is 0 Å². The second kappa shape index (κ2) is 6.32. The monoisotopic (exact) mass is 316 g/mol. The molecule has 0 saturated carbocycles. The zero-order valence-electron chi connectivity index (χ0n) is 13.8. The van der Waals surface area contributed by atoms with Crippen LogP contribution in [0.25, 0.3) is 0 Å². The van der Waals surface area contributed by atoms with Crippen LogP contribution in [-0.4, -0.2) is 42.5 Å². The molecule has 5 heteroatoms. The van der Waals surface area contributed by atoms with E-state index in [1.165, 1.54) is 0 Å². The van der Waals surface area contributed by atoms with E-state index in [4.69, 9.17) is 4.74 Å². The van der Waals surface area contributed by atoms with Crippen molar-refractivity contribution in [2.24, 2.45) is 0 Å². The minimum atomic E-state index is -0.603. The lowest BCUT2D eigenvalue weighted by Crippen LogP contribution is -2.49. The number of anilines is 1. The fourth-order valence-corrected chi connectivity index (χ4v) is 4.05.